The Bertz CT molecular complexity index is 723. The van der Waals surface area contributed by atoms with Gasteiger partial charge in [-0.2, -0.15) is 4.98 Å². The lowest BCUT2D eigenvalue weighted by atomic mass is 10.3. The number of benzene rings is 1. The summed E-state index contributed by atoms with van der Waals surface area (Å²) in [6.45, 7) is 1.75. The number of fused-ring (bicyclic) bond motifs is 1. The Balaban J connectivity index is 2.23. The smallest absolute Gasteiger partial charge is 0.345 e. The Morgan fingerprint density at radius 2 is 2.29 bits per heavy atom. The van der Waals surface area contributed by atoms with Gasteiger partial charge in [-0.15, -0.1) is 0 Å². The number of oxazole rings is 1. The molecule has 8 heteroatoms. The third kappa shape index (κ3) is 3.51. The second kappa shape index (κ2) is 6.27. The number of anilines is 1. The molecule has 1 heterocycles. The zero-order chi connectivity index (χ0) is 15.4. The van der Waals surface area contributed by atoms with Crippen LogP contribution in [0.4, 0.5) is 6.01 Å². The van der Waals surface area contributed by atoms with Gasteiger partial charge in [-0.1, -0.05) is 11.6 Å². The van der Waals surface area contributed by atoms with Gasteiger partial charge in [-0.25, -0.2) is 4.79 Å². The normalized spacial score (nSPS) is 11.4. The molecule has 110 valence electrons. The summed E-state index contributed by atoms with van der Waals surface area (Å²) in [6.07, 6.45) is 1.09. The first-order valence-electron chi connectivity index (χ1n) is 6.01. The van der Waals surface area contributed by atoms with Crippen molar-refractivity contribution in [3.05, 3.63) is 35.0 Å². The number of rotatable bonds is 5. The minimum Gasteiger partial charge on any atom is -0.462 e. The number of nitrogens with zero attached hydrogens (tertiary/aromatic N) is 1. The number of amides is 1. The van der Waals surface area contributed by atoms with Gasteiger partial charge < -0.3 is 20.2 Å². The summed E-state index contributed by atoms with van der Waals surface area (Å²) in [5, 5.41) is 3.11. The zero-order valence-corrected chi connectivity index (χ0v) is 11.8. The van der Waals surface area contributed by atoms with Gasteiger partial charge in [-0.05, 0) is 25.1 Å². The van der Waals surface area contributed by atoms with Crippen molar-refractivity contribution in [2.24, 2.45) is 5.73 Å². The van der Waals surface area contributed by atoms with Gasteiger partial charge in [0.05, 0.1) is 6.61 Å². The third-order valence-corrected chi connectivity index (χ3v) is 2.69. The SMILES string of the molecule is CCOC(=O)C(=CNc1nc2cc(Cl)ccc2o1)C(N)=O. The highest BCUT2D eigenvalue weighted by Crippen LogP contribution is 2.22. The van der Waals surface area contributed by atoms with Crippen LogP contribution in [0, 0.1) is 0 Å². The summed E-state index contributed by atoms with van der Waals surface area (Å²) in [5.41, 5.74) is 5.82. The molecular formula is C13H12ClN3O4. The molecule has 0 atom stereocenters. The lowest BCUT2D eigenvalue weighted by Crippen LogP contribution is -2.23. The number of halogens is 1. The van der Waals surface area contributed by atoms with E-state index in [0.717, 1.165) is 6.20 Å². The third-order valence-electron chi connectivity index (χ3n) is 2.45. The van der Waals surface area contributed by atoms with Gasteiger partial charge in [-0.3, -0.25) is 4.79 Å². The van der Waals surface area contributed by atoms with Gasteiger partial charge >= 0.3 is 5.97 Å². The predicted octanol–water partition coefficient (Wildman–Crippen LogP) is 1.83. The Kier molecular flexibility index (Phi) is 4.44. The fraction of sp³-hybridized carbons (Fsp3) is 0.154. The number of hydrogen-bond acceptors (Lipinski definition) is 6. The van der Waals surface area contributed by atoms with E-state index in [9.17, 15) is 9.59 Å². The molecule has 0 saturated carbocycles. The Hall–Kier alpha value is -2.54. The number of nitrogens with two attached hydrogens (primary N) is 1. The fourth-order valence-electron chi connectivity index (χ4n) is 1.54. The first kappa shape index (κ1) is 14.9. The van der Waals surface area contributed by atoms with E-state index in [-0.39, 0.29) is 18.2 Å². The minimum atomic E-state index is -0.917. The molecule has 0 aliphatic heterocycles. The maximum absolute atomic E-state index is 11.5. The maximum Gasteiger partial charge on any atom is 0.345 e. The molecule has 0 fully saturated rings. The zero-order valence-electron chi connectivity index (χ0n) is 11.1. The molecule has 0 aliphatic rings. The maximum atomic E-state index is 11.5. The average molecular weight is 310 g/mol. The number of primary amides is 1. The number of nitrogens with one attached hydrogen (secondary N) is 1. The van der Waals surface area contributed by atoms with Gasteiger partial charge in [0.15, 0.2) is 5.58 Å². The Morgan fingerprint density at radius 3 is 2.95 bits per heavy atom. The molecule has 2 rings (SSSR count). The lowest BCUT2D eigenvalue weighted by molar-refractivity contribution is -0.139. The van der Waals surface area contributed by atoms with Crippen LogP contribution in [0.1, 0.15) is 6.92 Å². The molecule has 0 spiro atoms. The summed E-state index contributed by atoms with van der Waals surface area (Å²) in [6, 6.07) is 5.02. The molecule has 1 aromatic heterocycles. The van der Waals surface area contributed by atoms with E-state index >= 15 is 0 Å². The molecule has 1 aromatic carbocycles. The molecule has 0 saturated heterocycles. The molecule has 0 bridgehead atoms. The van der Waals surface area contributed by atoms with E-state index in [1.165, 1.54) is 0 Å². The summed E-state index contributed by atoms with van der Waals surface area (Å²) < 4.78 is 10.1. The van der Waals surface area contributed by atoms with Gasteiger partial charge in [0.2, 0.25) is 0 Å². The Labute approximate surface area is 124 Å². The second-order valence-electron chi connectivity index (χ2n) is 3.92. The molecule has 1 amide bonds. The Morgan fingerprint density at radius 1 is 1.52 bits per heavy atom. The van der Waals surface area contributed by atoms with Crippen molar-refractivity contribution in [1.29, 1.82) is 0 Å². The van der Waals surface area contributed by atoms with Crippen molar-refractivity contribution in [3.63, 3.8) is 0 Å². The molecule has 21 heavy (non-hydrogen) atoms. The standard InChI is InChI=1S/C13H12ClN3O4/c1-2-20-12(19)8(11(15)18)6-16-13-17-9-5-7(14)3-4-10(9)21-13/h3-6H,2H2,1H3,(H2,15,18)(H,16,17). The highest BCUT2D eigenvalue weighted by Gasteiger charge is 2.17. The van der Waals surface area contributed by atoms with E-state index in [1.54, 1.807) is 25.1 Å². The monoisotopic (exact) mass is 309 g/mol. The van der Waals surface area contributed by atoms with Crippen molar-refractivity contribution < 1.29 is 18.7 Å². The van der Waals surface area contributed by atoms with E-state index < -0.39 is 11.9 Å². The summed E-state index contributed by atoms with van der Waals surface area (Å²) >= 11 is 5.84. The van der Waals surface area contributed by atoms with Gasteiger partial charge in [0.1, 0.15) is 11.1 Å². The molecule has 0 aliphatic carbocycles. The van der Waals surface area contributed by atoms with E-state index in [2.05, 4.69) is 10.3 Å². The quantitative estimate of drug-likeness (QED) is 0.377. The predicted molar refractivity (Wildman–Crippen MR) is 76.6 cm³/mol. The van der Waals surface area contributed by atoms with Crippen LogP contribution in [-0.4, -0.2) is 23.5 Å². The lowest BCUT2D eigenvalue weighted by Gasteiger charge is -2.02. The van der Waals surface area contributed by atoms with Crippen molar-refractivity contribution in [2.45, 2.75) is 6.92 Å². The highest BCUT2D eigenvalue weighted by atomic mass is 35.5. The summed E-state index contributed by atoms with van der Waals surface area (Å²) in [4.78, 5) is 26.8. The number of hydrogen-bond donors (Lipinski definition) is 2. The minimum absolute atomic E-state index is 0.0929. The molecule has 2 aromatic rings. The molecule has 3 N–H and O–H groups in total. The van der Waals surface area contributed by atoms with Crippen molar-refractivity contribution >= 4 is 40.6 Å². The topological polar surface area (TPSA) is 107 Å². The molecular weight excluding hydrogens is 298 g/mol. The number of carbonyl (C=O) groups is 2. The second-order valence-corrected chi connectivity index (χ2v) is 4.35. The first-order chi connectivity index (χ1) is 10.0. The molecule has 0 unspecified atom stereocenters. The highest BCUT2D eigenvalue weighted by molar-refractivity contribution is 6.31. The van der Waals surface area contributed by atoms with Crippen LogP contribution in [0.5, 0.6) is 0 Å². The van der Waals surface area contributed by atoms with Crippen LogP contribution in [0.3, 0.4) is 0 Å². The van der Waals surface area contributed by atoms with Crippen molar-refractivity contribution in [1.82, 2.24) is 4.98 Å². The number of ether oxygens (including phenoxy) is 1. The first-order valence-corrected chi connectivity index (χ1v) is 6.38. The van der Waals surface area contributed by atoms with Crippen LogP contribution in [0.15, 0.2) is 34.4 Å². The van der Waals surface area contributed by atoms with E-state index in [1.807, 2.05) is 0 Å². The van der Waals surface area contributed by atoms with Crippen LogP contribution < -0.4 is 11.1 Å². The van der Waals surface area contributed by atoms with Crippen LogP contribution in [0.2, 0.25) is 5.02 Å². The number of aromatic nitrogens is 1. The average Bonchev–Trinajstić information content (AvgIpc) is 2.80. The van der Waals surface area contributed by atoms with E-state index in [0.29, 0.717) is 16.1 Å². The molecule has 0 radical (unpaired) electrons. The number of esters is 1. The van der Waals surface area contributed by atoms with E-state index in [4.69, 9.17) is 26.5 Å². The van der Waals surface area contributed by atoms with Crippen LogP contribution >= 0.6 is 11.6 Å². The fourth-order valence-corrected chi connectivity index (χ4v) is 1.70. The van der Waals surface area contributed by atoms with Gasteiger partial charge in [0.25, 0.3) is 11.9 Å². The van der Waals surface area contributed by atoms with Crippen molar-refractivity contribution in [2.75, 3.05) is 11.9 Å². The van der Waals surface area contributed by atoms with Crippen LogP contribution in [-0.2, 0) is 14.3 Å². The van der Waals surface area contributed by atoms with Gasteiger partial charge in [0, 0.05) is 11.2 Å². The summed E-state index contributed by atoms with van der Waals surface area (Å²) in [5.74, 6) is -1.74. The largest absolute Gasteiger partial charge is 0.462 e. The van der Waals surface area contributed by atoms with Crippen molar-refractivity contribution in [3.8, 4) is 0 Å². The number of carbonyl (C=O) groups excluding carboxylic acids is 2. The summed E-state index contributed by atoms with van der Waals surface area (Å²) in [7, 11) is 0. The molecule has 7 nitrogen and oxygen atoms in total. The van der Waals surface area contributed by atoms with Crippen LogP contribution in [0.25, 0.3) is 11.1 Å².